The van der Waals surface area contributed by atoms with Crippen molar-refractivity contribution in [2.45, 2.75) is 20.4 Å². The minimum absolute atomic E-state index is 0.329. The molecule has 0 saturated carbocycles. The summed E-state index contributed by atoms with van der Waals surface area (Å²) in [6.07, 6.45) is 0. The topological polar surface area (TPSA) is 12.0 Å². The van der Waals surface area contributed by atoms with Gasteiger partial charge in [-0.15, -0.1) is 0 Å². The molecule has 0 aliphatic heterocycles. The Labute approximate surface area is 119 Å². The number of hydrogen-bond donors (Lipinski definition) is 1. The monoisotopic (exact) mass is 325 g/mol. The first-order valence-corrected chi connectivity index (χ1v) is 6.71. The van der Waals surface area contributed by atoms with Crippen molar-refractivity contribution < 1.29 is 8.78 Å². The maximum atomic E-state index is 13.5. The second-order valence-electron chi connectivity index (χ2n) is 4.50. The molecule has 4 heteroatoms. The zero-order valence-corrected chi connectivity index (χ0v) is 12.3. The lowest BCUT2D eigenvalue weighted by Crippen LogP contribution is -2.05. The van der Waals surface area contributed by atoms with Crippen LogP contribution < -0.4 is 5.32 Å². The summed E-state index contributed by atoms with van der Waals surface area (Å²) in [4.78, 5) is 0. The molecule has 0 atom stereocenters. The van der Waals surface area contributed by atoms with Gasteiger partial charge in [-0.05, 0) is 43.2 Å². The van der Waals surface area contributed by atoms with Crippen molar-refractivity contribution in [3.63, 3.8) is 0 Å². The Morgan fingerprint density at radius 3 is 2.26 bits per heavy atom. The first kappa shape index (κ1) is 14.0. The number of hydrogen-bond acceptors (Lipinski definition) is 1. The van der Waals surface area contributed by atoms with Crippen molar-refractivity contribution in [1.82, 2.24) is 0 Å². The van der Waals surface area contributed by atoms with Crippen LogP contribution >= 0.6 is 15.9 Å². The standard InChI is InChI=1S/C15H14BrF2N/c1-9-5-12(16)6-10(2)15(9)19-8-11-3-4-13(17)7-14(11)18/h3-7,19H,8H2,1-2H3. The van der Waals surface area contributed by atoms with Crippen molar-refractivity contribution in [3.8, 4) is 0 Å². The molecule has 2 aromatic rings. The molecule has 0 heterocycles. The van der Waals surface area contributed by atoms with Crippen LogP contribution in [0.4, 0.5) is 14.5 Å². The normalized spacial score (nSPS) is 10.6. The van der Waals surface area contributed by atoms with Crippen LogP contribution in [-0.4, -0.2) is 0 Å². The van der Waals surface area contributed by atoms with Crippen LogP contribution in [0.15, 0.2) is 34.8 Å². The second-order valence-corrected chi connectivity index (χ2v) is 5.42. The summed E-state index contributed by atoms with van der Waals surface area (Å²) < 4.78 is 27.4. The van der Waals surface area contributed by atoms with Gasteiger partial charge in [-0.2, -0.15) is 0 Å². The molecule has 19 heavy (non-hydrogen) atoms. The predicted molar refractivity (Wildman–Crippen MR) is 77.3 cm³/mol. The number of aryl methyl sites for hydroxylation is 2. The third kappa shape index (κ3) is 3.32. The van der Waals surface area contributed by atoms with E-state index in [1.54, 1.807) is 0 Å². The molecule has 0 saturated heterocycles. The zero-order chi connectivity index (χ0) is 14.0. The summed E-state index contributed by atoms with van der Waals surface area (Å²) in [5, 5.41) is 3.20. The van der Waals surface area contributed by atoms with E-state index < -0.39 is 11.6 Å². The highest BCUT2D eigenvalue weighted by atomic mass is 79.9. The van der Waals surface area contributed by atoms with Crippen LogP contribution in [0.1, 0.15) is 16.7 Å². The summed E-state index contributed by atoms with van der Waals surface area (Å²) in [6.45, 7) is 4.30. The molecule has 0 unspecified atom stereocenters. The van der Waals surface area contributed by atoms with E-state index in [4.69, 9.17) is 0 Å². The number of benzene rings is 2. The summed E-state index contributed by atoms with van der Waals surface area (Å²) in [5.41, 5.74) is 3.58. The summed E-state index contributed by atoms with van der Waals surface area (Å²) in [6, 6.07) is 7.62. The van der Waals surface area contributed by atoms with Gasteiger partial charge >= 0.3 is 0 Å². The van der Waals surface area contributed by atoms with Gasteiger partial charge in [-0.1, -0.05) is 22.0 Å². The van der Waals surface area contributed by atoms with Crippen molar-refractivity contribution in [2.75, 3.05) is 5.32 Å². The van der Waals surface area contributed by atoms with Gasteiger partial charge in [0.15, 0.2) is 0 Å². The molecule has 0 aliphatic rings. The Morgan fingerprint density at radius 2 is 1.68 bits per heavy atom. The van der Waals surface area contributed by atoms with E-state index in [2.05, 4.69) is 21.2 Å². The quantitative estimate of drug-likeness (QED) is 0.841. The molecular weight excluding hydrogens is 312 g/mol. The number of halogens is 3. The van der Waals surface area contributed by atoms with E-state index in [9.17, 15) is 8.78 Å². The van der Waals surface area contributed by atoms with Crippen LogP contribution in [0.3, 0.4) is 0 Å². The van der Waals surface area contributed by atoms with E-state index in [1.807, 2.05) is 26.0 Å². The summed E-state index contributed by atoms with van der Waals surface area (Å²) >= 11 is 3.43. The zero-order valence-electron chi connectivity index (χ0n) is 10.7. The van der Waals surface area contributed by atoms with E-state index in [-0.39, 0.29) is 0 Å². The lowest BCUT2D eigenvalue weighted by Gasteiger charge is -2.14. The predicted octanol–water partition coefficient (Wildman–Crippen LogP) is 4.96. The van der Waals surface area contributed by atoms with Gasteiger partial charge in [0, 0.05) is 28.3 Å². The van der Waals surface area contributed by atoms with Gasteiger partial charge in [0.05, 0.1) is 0 Å². The van der Waals surface area contributed by atoms with Gasteiger partial charge in [-0.25, -0.2) is 8.78 Å². The highest BCUT2D eigenvalue weighted by Crippen LogP contribution is 2.25. The fourth-order valence-corrected chi connectivity index (χ4v) is 2.72. The largest absolute Gasteiger partial charge is 0.380 e. The molecule has 0 fully saturated rings. The van der Waals surface area contributed by atoms with E-state index in [0.29, 0.717) is 12.1 Å². The van der Waals surface area contributed by atoms with Crippen molar-refractivity contribution in [3.05, 3.63) is 63.1 Å². The Bertz CT molecular complexity index is 588. The molecular formula is C15H14BrF2N. The SMILES string of the molecule is Cc1cc(Br)cc(C)c1NCc1ccc(F)cc1F. The Morgan fingerprint density at radius 1 is 1.05 bits per heavy atom. The summed E-state index contributed by atoms with van der Waals surface area (Å²) in [5.74, 6) is -1.09. The molecule has 100 valence electrons. The number of nitrogens with one attached hydrogen (secondary N) is 1. The van der Waals surface area contributed by atoms with E-state index >= 15 is 0 Å². The van der Waals surface area contributed by atoms with Crippen molar-refractivity contribution in [1.29, 1.82) is 0 Å². The Hall–Kier alpha value is -1.42. The molecule has 0 amide bonds. The van der Waals surface area contributed by atoms with Gasteiger partial charge < -0.3 is 5.32 Å². The smallest absolute Gasteiger partial charge is 0.131 e. The van der Waals surface area contributed by atoms with Crippen LogP contribution in [-0.2, 0) is 6.54 Å². The maximum Gasteiger partial charge on any atom is 0.131 e. The van der Waals surface area contributed by atoms with Crippen LogP contribution in [0.5, 0.6) is 0 Å². The fraction of sp³-hybridized carbons (Fsp3) is 0.200. The van der Waals surface area contributed by atoms with Crippen molar-refractivity contribution in [2.24, 2.45) is 0 Å². The molecule has 2 aromatic carbocycles. The second kappa shape index (κ2) is 5.70. The first-order valence-electron chi connectivity index (χ1n) is 5.92. The Balaban J connectivity index is 2.19. The molecule has 0 bridgehead atoms. The maximum absolute atomic E-state index is 13.5. The molecule has 2 rings (SSSR count). The summed E-state index contributed by atoms with van der Waals surface area (Å²) in [7, 11) is 0. The number of rotatable bonds is 3. The first-order chi connectivity index (χ1) is 8.97. The lowest BCUT2D eigenvalue weighted by atomic mass is 10.1. The van der Waals surface area contributed by atoms with E-state index in [1.165, 1.54) is 12.1 Å². The van der Waals surface area contributed by atoms with Gasteiger partial charge in [0.25, 0.3) is 0 Å². The van der Waals surface area contributed by atoms with Gasteiger partial charge in [0.1, 0.15) is 11.6 Å². The highest BCUT2D eigenvalue weighted by molar-refractivity contribution is 9.10. The fourth-order valence-electron chi connectivity index (χ4n) is 2.04. The molecule has 0 aromatic heterocycles. The molecule has 0 spiro atoms. The minimum atomic E-state index is -0.558. The van der Waals surface area contributed by atoms with Crippen LogP contribution in [0.25, 0.3) is 0 Å². The molecule has 0 radical (unpaired) electrons. The van der Waals surface area contributed by atoms with E-state index in [0.717, 1.165) is 27.4 Å². The van der Waals surface area contributed by atoms with Gasteiger partial charge in [0.2, 0.25) is 0 Å². The Kier molecular flexibility index (Phi) is 4.20. The molecule has 1 nitrogen and oxygen atoms in total. The average Bonchev–Trinajstić information content (AvgIpc) is 2.30. The third-order valence-electron chi connectivity index (χ3n) is 2.97. The van der Waals surface area contributed by atoms with Crippen molar-refractivity contribution >= 4 is 21.6 Å². The van der Waals surface area contributed by atoms with Crippen LogP contribution in [0, 0.1) is 25.5 Å². The third-order valence-corrected chi connectivity index (χ3v) is 3.43. The van der Waals surface area contributed by atoms with Gasteiger partial charge in [-0.3, -0.25) is 0 Å². The molecule has 1 N–H and O–H groups in total. The van der Waals surface area contributed by atoms with Crippen LogP contribution in [0.2, 0.25) is 0 Å². The lowest BCUT2D eigenvalue weighted by molar-refractivity contribution is 0.574. The highest BCUT2D eigenvalue weighted by Gasteiger charge is 2.07. The minimum Gasteiger partial charge on any atom is -0.380 e. The molecule has 0 aliphatic carbocycles. The number of anilines is 1. The average molecular weight is 326 g/mol.